The van der Waals surface area contributed by atoms with E-state index in [1.165, 1.54) is 5.57 Å². The van der Waals surface area contributed by atoms with Gasteiger partial charge in [0.05, 0.1) is 25.7 Å². The van der Waals surface area contributed by atoms with Gasteiger partial charge >= 0.3 is 8.69 Å². The smallest absolute Gasteiger partial charge is 0.309 e. The number of halogens is 1. The second-order valence-electron chi connectivity index (χ2n) is 4.54. The molecular weight excluding hydrogens is 252 g/mol. The van der Waals surface area contributed by atoms with Gasteiger partial charge in [-0.1, -0.05) is 18.6 Å². The molecule has 0 radical (unpaired) electrons. The van der Waals surface area contributed by atoms with Crippen molar-refractivity contribution in [3.8, 4) is 6.07 Å². The van der Waals surface area contributed by atoms with Crippen LogP contribution in [0.3, 0.4) is 0 Å². The van der Waals surface area contributed by atoms with Crippen LogP contribution in [0.25, 0.3) is 0 Å². The van der Waals surface area contributed by atoms with Crippen molar-refractivity contribution < 1.29 is 13.2 Å². The SMILES string of the molecule is CC(C)=CCCC(C)CCOP(F)OCCC#N. The fourth-order valence-corrected chi connectivity index (χ4v) is 1.89. The zero-order chi connectivity index (χ0) is 13.8. The summed E-state index contributed by atoms with van der Waals surface area (Å²) in [4.78, 5) is 0. The molecule has 0 aliphatic rings. The van der Waals surface area contributed by atoms with E-state index >= 15 is 0 Å². The van der Waals surface area contributed by atoms with Crippen LogP contribution in [0.5, 0.6) is 0 Å². The van der Waals surface area contributed by atoms with Gasteiger partial charge in [-0.05, 0) is 39.0 Å². The van der Waals surface area contributed by atoms with E-state index in [1.807, 2.05) is 6.07 Å². The molecule has 0 aliphatic heterocycles. The Balaban J connectivity index is 3.47. The number of allylic oxidation sites excluding steroid dienone is 2. The Morgan fingerprint density at radius 3 is 2.61 bits per heavy atom. The molecule has 2 unspecified atom stereocenters. The number of rotatable bonds is 10. The van der Waals surface area contributed by atoms with Gasteiger partial charge in [0, 0.05) is 0 Å². The van der Waals surface area contributed by atoms with Gasteiger partial charge in [-0.25, -0.2) is 0 Å². The molecule has 0 saturated carbocycles. The summed E-state index contributed by atoms with van der Waals surface area (Å²) in [5.41, 5.74) is 1.33. The summed E-state index contributed by atoms with van der Waals surface area (Å²) in [7, 11) is -2.31. The van der Waals surface area contributed by atoms with Gasteiger partial charge in [-0.3, -0.25) is 0 Å². The standard InChI is InChI=1S/C13H23FNO2P/c1-12(2)6-4-7-13(3)8-11-17-18(14)16-10-5-9-15/h6,13H,4-5,7-8,10-11H2,1-3H3. The van der Waals surface area contributed by atoms with Crippen LogP contribution in [-0.2, 0) is 9.05 Å². The lowest BCUT2D eigenvalue weighted by Crippen LogP contribution is -2.00. The monoisotopic (exact) mass is 275 g/mol. The van der Waals surface area contributed by atoms with E-state index in [0.29, 0.717) is 12.5 Å². The third-order valence-corrected chi connectivity index (χ3v) is 3.19. The van der Waals surface area contributed by atoms with Crippen LogP contribution in [-0.4, -0.2) is 13.2 Å². The first-order chi connectivity index (χ1) is 8.56. The molecule has 0 amide bonds. The van der Waals surface area contributed by atoms with Crippen LogP contribution in [0.4, 0.5) is 4.20 Å². The number of nitriles is 1. The zero-order valence-electron chi connectivity index (χ0n) is 11.5. The molecule has 0 N–H and O–H groups in total. The highest BCUT2D eigenvalue weighted by Gasteiger charge is 2.10. The molecule has 18 heavy (non-hydrogen) atoms. The molecule has 0 aromatic heterocycles. The molecule has 2 atom stereocenters. The Kier molecular flexibility index (Phi) is 11.3. The Labute approximate surface area is 111 Å². The molecule has 0 spiro atoms. The predicted octanol–water partition coefficient (Wildman–Crippen LogP) is 4.90. The van der Waals surface area contributed by atoms with Crippen molar-refractivity contribution in [2.75, 3.05) is 13.2 Å². The highest BCUT2D eigenvalue weighted by molar-refractivity contribution is 7.41. The summed E-state index contributed by atoms with van der Waals surface area (Å²) in [6, 6.07) is 1.89. The van der Waals surface area contributed by atoms with Gasteiger partial charge in [0.1, 0.15) is 0 Å². The molecule has 3 nitrogen and oxygen atoms in total. The molecule has 5 heteroatoms. The average Bonchev–Trinajstić information content (AvgIpc) is 2.29. The third kappa shape index (κ3) is 12.0. The fourth-order valence-electron chi connectivity index (χ4n) is 1.33. The normalized spacial score (nSPS) is 13.7. The molecule has 0 fully saturated rings. The van der Waals surface area contributed by atoms with E-state index in [0.717, 1.165) is 19.3 Å². The maximum atomic E-state index is 13.0. The summed E-state index contributed by atoms with van der Waals surface area (Å²) < 4.78 is 22.7. The third-order valence-electron chi connectivity index (χ3n) is 2.42. The Morgan fingerprint density at radius 2 is 2.00 bits per heavy atom. The molecule has 0 heterocycles. The maximum Gasteiger partial charge on any atom is 0.374 e. The second-order valence-corrected chi connectivity index (χ2v) is 5.48. The Hall–Kier alpha value is -0.490. The predicted molar refractivity (Wildman–Crippen MR) is 72.6 cm³/mol. The molecule has 104 valence electrons. The summed E-state index contributed by atoms with van der Waals surface area (Å²) in [6.07, 6.45) is 5.40. The lowest BCUT2D eigenvalue weighted by atomic mass is 10.0. The van der Waals surface area contributed by atoms with E-state index in [9.17, 15) is 4.20 Å². The van der Waals surface area contributed by atoms with Gasteiger partial charge < -0.3 is 9.05 Å². The zero-order valence-corrected chi connectivity index (χ0v) is 12.4. The maximum absolute atomic E-state index is 13.0. The van der Waals surface area contributed by atoms with Crippen molar-refractivity contribution in [3.05, 3.63) is 11.6 Å². The summed E-state index contributed by atoms with van der Waals surface area (Å²) in [6.45, 7) is 6.80. The molecule has 0 aliphatic carbocycles. The largest absolute Gasteiger partial charge is 0.374 e. The molecule has 0 saturated heterocycles. The van der Waals surface area contributed by atoms with Gasteiger partial charge in [-0.2, -0.15) is 9.46 Å². The molecule has 0 aromatic rings. The van der Waals surface area contributed by atoms with Crippen molar-refractivity contribution in [2.24, 2.45) is 5.92 Å². The van der Waals surface area contributed by atoms with E-state index in [-0.39, 0.29) is 13.0 Å². The van der Waals surface area contributed by atoms with Crippen LogP contribution in [0.1, 0.15) is 46.5 Å². The number of hydrogen-bond donors (Lipinski definition) is 0. The lowest BCUT2D eigenvalue weighted by molar-refractivity contribution is 0.214. The van der Waals surface area contributed by atoms with E-state index in [1.54, 1.807) is 0 Å². The number of hydrogen-bond acceptors (Lipinski definition) is 3. The minimum absolute atomic E-state index is 0.106. The van der Waals surface area contributed by atoms with Crippen molar-refractivity contribution in [2.45, 2.75) is 46.5 Å². The van der Waals surface area contributed by atoms with Gasteiger partial charge in [0.15, 0.2) is 0 Å². The van der Waals surface area contributed by atoms with Gasteiger partial charge in [0.25, 0.3) is 0 Å². The average molecular weight is 275 g/mol. The Bertz CT molecular complexity index is 275. The molecule has 0 rings (SSSR count). The van der Waals surface area contributed by atoms with E-state index in [2.05, 4.69) is 26.8 Å². The first-order valence-electron chi connectivity index (χ1n) is 6.28. The molecule has 0 aromatic carbocycles. The highest BCUT2D eigenvalue weighted by Crippen LogP contribution is 2.40. The van der Waals surface area contributed by atoms with Crippen molar-refractivity contribution in [1.29, 1.82) is 5.26 Å². The summed E-state index contributed by atoms with van der Waals surface area (Å²) in [5.74, 6) is 0.517. The minimum atomic E-state index is -2.31. The van der Waals surface area contributed by atoms with Gasteiger partial charge in [0.2, 0.25) is 0 Å². The topological polar surface area (TPSA) is 42.2 Å². The van der Waals surface area contributed by atoms with E-state index in [4.69, 9.17) is 14.3 Å². The number of nitrogens with zero attached hydrogens (tertiary/aromatic N) is 1. The van der Waals surface area contributed by atoms with Crippen LogP contribution in [0, 0.1) is 17.2 Å². The second kappa shape index (κ2) is 11.6. The highest BCUT2D eigenvalue weighted by atomic mass is 31.2. The summed E-state index contributed by atoms with van der Waals surface area (Å²) >= 11 is 0. The van der Waals surface area contributed by atoms with Crippen molar-refractivity contribution >= 4 is 8.69 Å². The van der Waals surface area contributed by atoms with Crippen LogP contribution in [0.15, 0.2) is 11.6 Å². The van der Waals surface area contributed by atoms with Crippen molar-refractivity contribution in [1.82, 2.24) is 0 Å². The Morgan fingerprint density at radius 1 is 1.33 bits per heavy atom. The molecule has 0 bridgehead atoms. The van der Waals surface area contributed by atoms with E-state index < -0.39 is 8.69 Å². The summed E-state index contributed by atoms with van der Waals surface area (Å²) in [5, 5.41) is 8.26. The van der Waals surface area contributed by atoms with Crippen LogP contribution < -0.4 is 0 Å². The first-order valence-corrected chi connectivity index (χ1v) is 7.35. The minimum Gasteiger partial charge on any atom is -0.309 e. The van der Waals surface area contributed by atoms with Gasteiger partial charge in [-0.15, -0.1) is 0 Å². The van der Waals surface area contributed by atoms with Crippen LogP contribution >= 0.6 is 8.69 Å². The quantitative estimate of drug-likeness (QED) is 0.323. The lowest BCUT2D eigenvalue weighted by Gasteiger charge is -2.11. The van der Waals surface area contributed by atoms with Crippen molar-refractivity contribution in [3.63, 3.8) is 0 Å². The molecular formula is C13H23FNO2P. The fraction of sp³-hybridized carbons (Fsp3) is 0.769. The van der Waals surface area contributed by atoms with Crippen LogP contribution in [0.2, 0.25) is 0 Å². The first kappa shape index (κ1) is 17.5.